The molecule has 1 atom stereocenters. The first-order chi connectivity index (χ1) is 7.90. The zero-order chi connectivity index (χ0) is 13.1. The Morgan fingerprint density at radius 2 is 2.18 bits per heavy atom. The molecule has 0 bridgehead atoms. The van der Waals surface area contributed by atoms with Crippen LogP contribution < -0.4 is 5.73 Å². The third-order valence-corrected chi connectivity index (χ3v) is 2.54. The van der Waals surface area contributed by atoms with Gasteiger partial charge in [0.1, 0.15) is 0 Å². The van der Waals surface area contributed by atoms with E-state index in [1.807, 2.05) is 13.2 Å². The second-order valence-corrected chi connectivity index (χ2v) is 5.18. The van der Waals surface area contributed by atoms with E-state index in [2.05, 4.69) is 25.9 Å². The molecule has 0 aliphatic carbocycles. The normalized spacial score (nSPS) is 14.0. The second-order valence-electron chi connectivity index (χ2n) is 5.18. The predicted molar refractivity (Wildman–Crippen MR) is 66.7 cm³/mol. The molecule has 17 heavy (non-hydrogen) atoms. The van der Waals surface area contributed by atoms with Gasteiger partial charge >= 0.3 is 0 Å². The standard InChI is InChI=1S/C12H23N3O2/c1-12(2,3)11-9(8-15(4)14-11)10(7-13)17-6-5-16/h8,10,16H,5-7,13H2,1-4H3. The number of aromatic nitrogens is 2. The van der Waals surface area contributed by atoms with Gasteiger partial charge in [0.25, 0.3) is 0 Å². The molecule has 0 saturated heterocycles. The van der Waals surface area contributed by atoms with Crippen molar-refractivity contribution in [3.63, 3.8) is 0 Å². The number of aryl methyl sites for hydroxylation is 1. The SMILES string of the molecule is Cn1cc(C(CN)OCCO)c(C(C)(C)C)n1. The number of hydrogen-bond acceptors (Lipinski definition) is 4. The number of hydrogen-bond donors (Lipinski definition) is 2. The van der Waals surface area contributed by atoms with Crippen molar-refractivity contribution in [2.45, 2.75) is 32.3 Å². The molecule has 0 radical (unpaired) electrons. The van der Waals surface area contributed by atoms with Gasteiger partial charge in [-0.15, -0.1) is 0 Å². The first-order valence-corrected chi connectivity index (χ1v) is 5.86. The molecule has 5 heteroatoms. The summed E-state index contributed by atoms with van der Waals surface area (Å²) in [4.78, 5) is 0. The number of aliphatic hydroxyl groups is 1. The molecule has 1 rings (SSSR count). The highest BCUT2D eigenvalue weighted by Crippen LogP contribution is 2.29. The summed E-state index contributed by atoms with van der Waals surface area (Å²) in [6.07, 6.45) is 1.74. The van der Waals surface area contributed by atoms with Gasteiger partial charge in [-0.2, -0.15) is 5.10 Å². The van der Waals surface area contributed by atoms with Crippen LogP contribution in [0.1, 0.15) is 38.1 Å². The molecule has 0 saturated carbocycles. The zero-order valence-corrected chi connectivity index (χ0v) is 11.1. The van der Waals surface area contributed by atoms with Crippen molar-refractivity contribution in [3.8, 4) is 0 Å². The van der Waals surface area contributed by atoms with Crippen LogP contribution in [0.25, 0.3) is 0 Å². The number of rotatable bonds is 5. The predicted octanol–water partition coefficient (Wildman–Crippen LogP) is 0.726. The van der Waals surface area contributed by atoms with E-state index in [1.54, 1.807) is 4.68 Å². The monoisotopic (exact) mass is 241 g/mol. The van der Waals surface area contributed by atoms with Gasteiger partial charge in [0.15, 0.2) is 0 Å². The van der Waals surface area contributed by atoms with Crippen LogP contribution in [0.3, 0.4) is 0 Å². The van der Waals surface area contributed by atoms with Crippen LogP contribution in [0.2, 0.25) is 0 Å². The highest BCUT2D eigenvalue weighted by molar-refractivity contribution is 5.26. The number of aliphatic hydroxyl groups excluding tert-OH is 1. The molecule has 1 aromatic rings. The highest BCUT2D eigenvalue weighted by Gasteiger charge is 2.26. The van der Waals surface area contributed by atoms with Gasteiger partial charge in [-0.25, -0.2) is 0 Å². The smallest absolute Gasteiger partial charge is 0.0981 e. The molecule has 1 unspecified atom stereocenters. The summed E-state index contributed by atoms with van der Waals surface area (Å²) in [5.41, 5.74) is 7.68. The van der Waals surface area contributed by atoms with E-state index in [-0.39, 0.29) is 18.1 Å². The third-order valence-electron chi connectivity index (χ3n) is 2.54. The zero-order valence-electron chi connectivity index (χ0n) is 11.1. The van der Waals surface area contributed by atoms with E-state index in [4.69, 9.17) is 15.6 Å². The number of nitrogens with two attached hydrogens (primary N) is 1. The third kappa shape index (κ3) is 3.52. The Kier molecular flexibility index (Phi) is 4.68. The van der Waals surface area contributed by atoms with Crippen LogP contribution in [0.4, 0.5) is 0 Å². The lowest BCUT2D eigenvalue weighted by Crippen LogP contribution is -2.22. The van der Waals surface area contributed by atoms with Gasteiger partial charge in [-0.05, 0) is 0 Å². The van der Waals surface area contributed by atoms with E-state index >= 15 is 0 Å². The summed E-state index contributed by atoms with van der Waals surface area (Å²) in [5, 5.41) is 13.3. The van der Waals surface area contributed by atoms with E-state index in [1.165, 1.54) is 0 Å². The fourth-order valence-corrected chi connectivity index (χ4v) is 1.81. The maximum Gasteiger partial charge on any atom is 0.0981 e. The van der Waals surface area contributed by atoms with Gasteiger partial charge in [-0.3, -0.25) is 4.68 Å². The number of nitrogens with zero attached hydrogens (tertiary/aromatic N) is 2. The lowest BCUT2D eigenvalue weighted by molar-refractivity contribution is 0.0319. The van der Waals surface area contributed by atoms with Gasteiger partial charge in [0.2, 0.25) is 0 Å². The minimum Gasteiger partial charge on any atom is -0.394 e. The van der Waals surface area contributed by atoms with Gasteiger partial charge in [-0.1, -0.05) is 20.8 Å². The Balaban J connectivity index is 3.02. The summed E-state index contributed by atoms with van der Waals surface area (Å²) in [5.74, 6) is 0. The summed E-state index contributed by atoms with van der Waals surface area (Å²) >= 11 is 0. The van der Waals surface area contributed by atoms with Crippen molar-refractivity contribution in [2.24, 2.45) is 12.8 Å². The van der Waals surface area contributed by atoms with Crippen molar-refractivity contribution >= 4 is 0 Å². The molecule has 0 aliphatic heterocycles. The molecule has 1 aromatic heterocycles. The largest absolute Gasteiger partial charge is 0.394 e. The molecule has 0 aliphatic rings. The fourth-order valence-electron chi connectivity index (χ4n) is 1.81. The van der Waals surface area contributed by atoms with Crippen LogP contribution in [-0.4, -0.2) is 34.6 Å². The lowest BCUT2D eigenvalue weighted by atomic mass is 9.88. The van der Waals surface area contributed by atoms with E-state index < -0.39 is 0 Å². The van der Waals surface area contributed by atoms with Crippen LogP contribution in [0.5, 0.6) is 0 Å². The Labute approximate surface area is 103 Å². The number of ether oxygens (including phenoxy) is 1. The average Bonchev–Trinajstić information content (AvgIpc) is 2.61. The Hall–Kier alpha value is -0.910. The average molecular weight is 241 g/mol. The van der Waals surface area contributed by atoms with E-state index in [9.17, 15) is 0 Å². The molecule has 0 aromatic carbocycles. The van der Waals surface area contributed by atoms with Crippen LogP contribution >= 0.6 is 0 Å². The molecule has 3 N–H and O–H groups in total. The minimum absolute atomic E-state index is 0.00160. The summed E-state index contributed by atoms with van der Waals surface area (Å²) in [6.45, 7) is 7.01. The minimum atomic E-state index is -0.204. The summed E-state index contributed by atoms with van der Waals surface area (Å²) in [7, 11) is 1.89. The lowest BCUT2D eigenvalue weighted by Gasteiger charge is -2.21. The molecule has 0 spiro atoms. The Bertz CT molecular complexity index is 355. The van der Waals surface area contributed by atoms with Crippen LogP contribution in [0.15, 0.2) is 6.20 Å². The van der Waals surface area contributed by atoms with E-state index in [0.717, 1.165) is 11.3 Å². The fraction of sp³-hybridized carbons (Fsp3) is 0.750. The topological polar surface area (TPSA) is 73.3 Å². The van der Waals surface area contributed by atoms with Crippen molar-refractivity contribution in [1.29, 1.82) is 0 Å². The summed E-state index contributed by atoms with van der Waals surface area (Å²) < 4.78 is 7.33. The van der Waals surface area contributed by atoms with Crippen molar-refractivity contribution in [3.05, 3.63) is 17.5 Å². The first kappa shape index (κ1) is 14.2. The molecule has 5 nitrogen and oxygen atoms in total. The van der Waals surface area contributed by atoms with Crippen molar-refractivity contribution in [2.75, 3.05) is 19.8 Å². The van der Waals surface area contributed by atoms with Crippen LogP contribution in [-0.2, 0) is 17.2 Å². The van der Waals surface area contributed by atoms with Crippen molar-refractivity contribution < 1.29 is 9.84 Å². The first-order valence-electron chi connectivity index (χ1n) is 5.86. The van der Waals surface area contributed by atoms with Crippen LogP contribution in [0, 0.1) is 0 Å². The maximum absolute atomic E-state index is 8.81. The Morgan fingerprint density at radius 1 is 1.53 bits per heavy atom. The van der Waals surface area contributed by atoms with Gasteiger partial charge < -0.3 is 15.6 Å². The molecular formula is C12H23N3O2. The van der Waals surface area contributed by atoms with Crippen molar-refractivity contribution in [1.82, 2.24) is 9.78 Å². The van der Waals surface area contributed by atoms with Gasteiger partial charge in [0, 0.05) is 30.8 Å². The highest BCUT2D eigenvalue weighted by atomic mass is 16.5. The quantitative estimate of drug-likeness (QED) is 0.797. The second kappa shape index (κ2) is 5.62. The van der Waals surface area contributed by atoms with E-state index in [0.29, 0.717) is 13.2 Å². The Morgan fingerprint density at radius 3 is 2.65 bits per heavy atom. The molecular weight excluding hydrogens is 218 g/mol. The molecule has 0 fully saturated rings. The molecule has 98 valence electrons. The summed E-state index contributed by atoms with van der Waals surface area (Å²) in [6, 6.07) is 0. The molecule has 0 amide bonds. The molecule has 1 heterocycles. The van der Waals surface area contributed by atoms with Gasteiger partial charge in [0.05, 0.1) is 25.0 Å². The maximum atomic E-state index is 8.81.